The van der Waals surface area contributed by atoms with Crippen LogP contribution in [0.5, 0.6) is 0 Å². The SMILES string of the molecule is CCNc1nc(NCCc2nc(C)cs2)c2ccsc2n1. The predicted molar refractivity (Wildman–Crippen MR) is 90.6 cm³/mol. The first kappa shape index (κ1) is 14.2. The van der Waals surface area contributed by atoms with Crippen LogP contribution in [0, 0.1) is 6.92 Å². The molecule has 0 radical (unpaired) electrons. The van der Waals surface area contributed by atoms with Crippen molar-refractivity contribution in [3.05, 3.63) is 27.5 Å². The van der Waals surface area contributed by atoms with E-state index < -0.39 is 0 Å². The van der Waals surface area contributed by atoms with E-state index in [1.165, 1.54) is 0 Å². The molecule has 3 rings (SSSR count). The van der Waals surface area contributed by atoms with Gasteiger partial charge in [0.2, 0.25) is 5.95 Å². The summed E-state index contributed by atoms with van der Waals surface area (Å²) >= 11 is 3.34. The molecule has 0 unspecified atom stereocenters. The van der Waals surface area contributed by atoms with Gasteiger partial charge in [0.25, 0.3) is 0 Å². The minimum absolute atomic E-state index is 0.681. The summed E-state index contributed by atoms with van der Waals surface area (Å²) in [6.07, 6.45) is 0.907. The summed E-state index contributed by atoms with van der Waals surface area (Å²) in [6.45, 7) is 5.70. The number of nitrogens with one attached hydrogen (secondary N) is 2. The Bertz CT molecular complexity index is 734. The Hall–Kier alpha value is -1.73. The Morgan fingerprint density at radius 3 is 2.81 bits per heavy atom. The monoisotopic (exact) mass is 319 g/mol. The molecule has 0 bridgehead atoms. The minimum atomic E-state index is 0.681. The second-order valence-corrected chi connectivity index (χ2v) is 6.46. The van der Waals surface area contributed by atoms with Crippen LogP contribution in [-0.2, 0) is 6.42 Å². The zero-order chi connectivity index (χ0) is 14.7. The van der Waals surface area contributed by atoms with Crippen molar-refractivity contribution in [1.29, 1.82) is 0 Å². The third-order valence-corrected chi connectivity index (χ3v) is 4.79. The van der Waals surface area contributed by atoms with Gasteiger partial charge in [0.05, 0.1) is 10.4 Å². The largest absolute Gasteiger partial charge is 0.369 e. The third-order valence-electron chi connectivity index (χ3n) is 2.96. The Kier molecular flexibility index (Phi) is 4.31. The van der Waals surface area contributed by atoms with Crippen molar-refractivity contribution < 1.29 is 0 Å². The summed E-state index contributed by atoms with van der Waals surface area (Å²) in [5.41, 5.74) is 1.09. The van der Waals surface area contributed by atoms with Crippen LogP contribution in [0.1, 0.15) is 17.6 Å². The third kappa shape index (κ3) is 3.30. The van der Waals surface area contributed by atoms with Gasteiger partial charge in [-0.2, -0.15) is 4.98 Å². The van der Waals surface area contributed by atoms with Gasteiger partial charge in [-0.1, -0.05) is 0 Å². The highest BCUT2D eigenvalue weighted by molar-refractivity contribution is 7.16. The standard InChI is InChI=1S/C14H17N5S2/c1-3-15-14-18-12(10-5-7-20-13(10)19-14)16-6-4-11-17-9(2)8-21-11/h5,7-8H,3-4,6H2,1-2H3,(H2,15,16,18,19). The lowest BCUT2D eigenvalue weighted by molar-refractivity contribution is 0.977. The number of hydrogen-bond donors (Lipinski definition) is 2. The molecule has 3 aromatic heterocycles. The summed E-state index contributed by atoms with van der Waals surface area (Å²) in [5, 5.41) is 13.0. The van der Waals surface area contributed by atoms with E-state index in [1.807, 2.05) is 19.2 Å². The van der Waals surface area contributed by atoms with Crippen LogP contribution in [0.25, 0.3) is 10.2 Å². The molecule has 21 heavy (non-hydrogen) atoms. The first-order valence-electron chi connectivity index (χ1n) is 6.90. The number of thiazole rings is 1. The molecule has 7 heteroatoms. The number of aryl methyl sites for hydroxylation is 1. The molecule has 110 valence electrons. The quantitative estimate of drug-likeness (QED) is 0.727. The zero-order valence-corrected chi connectivity index (χ0v) is 13.6. The van der Waals surface area contributed by atoms with Crippen molar-refractivity contribution in [2.45, 2.75) is 20.3 Å². The Morgan fingerprint density at radius 1 is 1.14 bits per heavy atom. The van der Waals surface area contributed by atoms with E-state index in [0.29, 0.717) is 5.95 Å². The molecule has 3 aromatic rings. The van der Waals surface area contributed by atoms with Gasteiger partial charge < -0.3 is 10.6 Å². The number of hydrogen-bond acceptors (Lipinski definition) is 7. The van der Waals surface area contributed by atoms with Gasteiger partial charge in [-0.05, 0) is 25.3 Å². The fourth-order valence-electron chi connectivity index (χ4n) is 2.03. The molecule has 0 amide bonds. The number of anilines is 2. The number of rotatable bonds is 6. The summed E-state index contributed by atoms with van der Waals surface area (Å²) < 4.78 is 0. The summed E-state index contributed by atoms with van der Waals surface area (Å²) in [7, 11) is 0. The molecule has 2 N–H and O–H groups in total. The number of aromatic nitrogens is 3. The van der Waals surface area contributed by atoms with Gasteiger partial charge in [0, 0.05) is 30.6 Å². The maximum atomic E-state index is 4.56. The number of thiophene rings is 1. The lowest BCUT2D eigenvalue weighted by atomic mass is 10.3. The normalized spacial score (nSPS) is 11.0. The average Bonchev–Trinajstić information content (AvgIpc) is 3.08. The number of fused-ring (bicyclic) bond motifs is 1. The molecule has 0 aromatic carbocycles. The zero-order valence-electron chi connectivity index (χ0n) is 12.0. The van der Waals surface area contributed by atoms with Crippen molar-refractivity contribution >= 4 is 44.7 Å². The summed E-state index contributed by atoms with van der Waals surface area (Å²) in [5.74, 6) is 1.57. The summed E-state index contributed by atoms with van der Waals surface area (Å²) in [4.78, 5) is 14.5. The topological polar surface area (TPSA) is 62.7 Å². The van der Waals surface area contributed by atoms with Crippen LogP contribution in [-0.4, -0.2) is 28.0 Å². The number of nitrogens with zero attached hydrogens (tertiary/aromatic N) is 3. The van der Waals surface area contributed by atoms with Crippen molar-refractivity contribution in [3.63, 3.8) is 0 Å². The molecular weight excluding hydrogens is 302 g/mol. The maximum Gasteiger partial charge on any atom is 0.226 e. The van der Waals surface area contributed by atoms with Gasteiger partial charge in [-0.15, -0.1) is 22.7 Å². The van der Waals surface area contributed by atoms with Crippen LogP contribution >= 0.6 is 22.7 Å². The van der Waals surface area contributed by atoms with Crippen molar-refractivity contribution in [3.8, 4) is 0 Å². The van der Waals surface area contributed by atoms with Gasteiger partial charge in [-0.3, -0.25) is 0 Å². The van der Waals surface area contributed by atoms with E-state index in [1.54, 1.807) is 22.7 Å². The van der Waals surface area contributed by atoms with Gasteiger partial charge in [0.15, 0.2) is 0 Å². The molecule has 0 aliphatic rings. The van der Waals surface area contributed by atoms with E-state index in [2.05, 4.69) is 37.0 Å². The second kappa shape index (κ2) is 6.36. The molecule has 0 saturated carbocycles. The Labute approximate surface area is 131 Å². The molecule has 3 heterocycles. The first-order valence-corrected chi connectivity index (χ1v) is 8.66. The molecular formula is C14H17N5S2. The van der Waals surface area contributed by atoms with Gasteiger partial charge in [0.1, 0.15) is 10.6 Å². The van der Waals surface area contributed by atoms with Gasteiger partial charge in [-0.25, -0.2) is 9.97 Å². The maximum absolute atomic E-state index is 4.56. The first-order chi connectivity index (χ1) is 10.3. The average molecular weight is 319 g/mol. The predicted octanol–water partition coefficient (Wildman–Crippen LogP) is 3.54. The molecule has 0 fully saturated rings. The highest BCUT2D eigenvalue weighted by Crippen LogP contribution is 2.26. The lowest BCUT2D eigenvalue weighted by Crippen LogP contribution is -2.09. The van der Waals surface area contributed by atoms with E-state index >= 15 is 0 Å². The van der Waals surface area contributed by atoms with Crippen molar-refractivity contribution in [2.24, 2.45) is 0 Å². The highest BCUT2D eigenvalue weighted by atomic mass is 32.1. The second-order valence-electron chi connectivity index (χ2n) is 4.62. The molecule has 0 spiro atoms. The van der Waals surface area contributed by atoms with E-state index in [4.69, 9.17) is 0 Å². The van der Waals surface area contributed by atoms with E-state index in [-0.39, 0.29) is 0 Å². The van der Waals surface area contributed by atoms with Gasteiger partial charge >= 0.3 is 0 Å². The molecule has 0 aliphatic carbocycles. The molecule has 5 nitrogen and oxygen atoms in total. The van der Waals surface area contributed by atoms with Crippen LogP contribution in [0.3, 0.4) is 0 Å². The fraction of sp³-hybridized carbons (Fsp3) is 0.357. The minimum Gasteiger partial charge on any atom is -0.369 e. The smallest absolute Gasteiger partial charge is 0.226 e. The van der Waals surface area contributed by atoms with Crippen LogP contribution in [0.2, 0.25) is 0 Å². The van der Waals surface area contributed by atoms with E-state index in [0.717, 1.165) is 46.2 Å². The fourth-order valence-corrected chi connectivity index (χ4v) is 3.57. The van der Waals surface area contributed by atoms with Crippen LogP contribution in [0.15, 0.2) is 16.8 Å². The Balaban J connectivity index is 1.74. The molecule has 0 atom stereocenters. The van der Waals surface area contributed by atoms with Crippen molar-refractivity contribution in [1.82, 2.24) is 15.0 Å². The van der Waals surface area contributed by atoms with E-state index in [9.17, 15) is 0 Å². The summed E-state index contributed by atoms with van der Waals surface area (Å²) in [6, 6.07) is 2.06. The van der Waals surface area contributed by atoms with Crippen molar-refractivity contribution in [2.75, 3.05) is 23.7 Å². The Morgan fingerprint density at radius 2 is 2.05 bits per heavy atom. The molecule has 0 saturated heterocycles. The lowest BCUT2D eigenvalue weighted by Gasteiger charge is -2.08. The van der Waals surface area contributed by atoms with Crippen LogP contribution in [0.4, 0.5) is 11.8 Å². The molecule has 0 aliphatic heterocycles. The van der Waals surface area contributed by atoms with Crippen LogP contribution < -0.4 is 10.6 Å². The highest BCUT2D eigenvalue weighted by Gasteiger charge is 2.08.